The summed E-state index contributed by atoms with van der Waals surface area (Å²) in [5, 5.41) is 3.14. The SMILES string of the molecule is CNC1CCN(S(=O)[O-])CC1. The summed E-state index contributed by atoms with van der Waals surface area (Å²) in [6.45, 7) is 1.31. The van der Waals surface area contributed by atoms with E-state index in [2.05, 4.69) is 5.32 Å². The Bertz CT molecular complexity index is 146. The summed E-state index contributed by atoms with van der Waals surface area (Å²) in [5.74, 6) is 0. The number of piperidine rings is 1. The van der Waals surface area contributed by atoms with Crippen LogP contribution in [0.25, 0.3) is 0 Å². The van der Waals surface area contributed by atoms with Crippen LogP contribution in [0.4, 0.5) is 0 Å². The first-order valence-electron chi connectivity index (χ1n) is 3.75. The fourth-order valence-corrected chi connectivity index (χ4v) is 1.80. The van der Waals surface area contributed by atoms with Gasteiger partial charge in [0.2, 0.25) is 0 Å². The van der Waals surface area contributed by atoms with Gasteiger partial charge in [-0.05, 0) is 19.9 Å². The largest absolute Gasteiger partial charge is 0.760 e. The number of hydrogen-bond acceptors (Lipinski definition) is 3. The summed E-state index contributed by atoms with van der Waals surface area (Å²) in [5.41, 5.74) is 0. The van der Waals surface area contributed by atoms with Crippen LogP contribution in [0, 0.1) is 0 Å². The molecule has 1 heterocycles. The second-order valence-electron chi connectivity index (χ2n) is 2.71. The minimum atomic E-state index is -2.01. The van der Waals surface area contributed by atoms with E-state index >= 15 is 0 Å². The maximum atomic E-state index is 10.5. The van der Waals surface area contributed by atoms with Crippen molar-refractivity contribution in [1.82, 2.24) is 9.62 Å². The molecule has 0 saturated carbocycles. The molecular formula is C6H13N2O2S-. The molecule has 11 heavy (non-hydrogen) atoms. The highest BCUT2D eigenvalue weighted by Gasteiger charge is 2.17. The fourth-order valence-electron chi connectivity index (χ4n) is 1.29. The third-order valence-electron chi connectivity index (χ3n) is 2.07. The van der Waals surface area contributed by atoms with Gasteiger partial charge in [-0.3, -0.25) is 4.21 Å². The summed E-state index contributed by atoms with van der Waals surface area (Å²) >= 11 is -2.01. The third-order valence-corrected chi connectivity index (χ3v) is 2.86. The molecule has 4 nitrogen and oxygen atoms in total. The molecule has 0 spiro atoms. The Morgan fingerprint density at radius 3 is 2.45 bits per heavy atom. The Kier molecular flexibility index (Phi) is 3.45. The average Bonchev–Trinajstić information content (AvgIpc) is 2.05. The van der Waals surface area contributed by atoms with Gasteiger partial charge in [-0.25, -0.2) is 4.31 Å². The van der Waals surface area contributed by atoms with Crippen molar-refractivity contribution >= 4 is 11.3 Å². The van der Waals surface area contributed by atoms with E-state index in [1.807, 2.05) is 7.05 Å². The van der Waals surface area contributed by atoms with Crippen molar-refractivity contribution in [3.8, 4) is 0 Å². The molecule has 0 bridgehead atoms. The zero-order valence-corrected chi connectivity index (χ0v) is 7.39. The molecule has 0 aromatic carbocycles. The highest BCUT2D eigenvalue weighted by Crippen LogP contribution is 2.10. The maximum Gasteiger partial charge on any atom is 0.0209 e. The molecule has 1 N–H and O–H groups in total. The molecule has 1 rings (SSSR count). The van der Waals surface area contributed by atoms with E-state index < -0.39 is 11.3 Å². The van der Waals surface area contributed by atoms with Crippen LogP contribution < -0.4 is 5.32 Å². The van der Waals surface area contributed by atoms with Crippen molar-refractivity contribution in [2.75, 3.05) is 20.1 Å². The number of nitrogens with one attached hydrogen (secondary N) is 1. The predicted molar refractivity (Wildman–Crippen MR) is 42.6 cm³/mol. The highest BCUT2D eigenvalue weighted by molar-refractivity contribution is 7.76. The van der Waals surface area contributed by atoms with Gasteiger partial charge in [-0.15, -0.1) is 0 Å². The summed E-state index contributed by atoms with van der Waals surface area (Å²) in [6.07, 6.45) is 1.84. The van der Waals surface area contributed by atoms with Gasteiger partial charge in [0.25, 0.3) is 0 Å². The lowest BCUT2D eigenvalue weighted by atomic mass is 10.1. The molecule has 0 aliphatic carbocycles. The summed E-state index contributed by atoms with van der Waals surface area (Å²) < 4.78 is 22.4. The standard InChI is InChI=1S/C6H14N2O2S/c1-7-6-2-4-8(5-3-6)11(9)10/h6-7H,2-5H2,1H3,(H,9,10)/p-1. The lowest BCUT2D eigenvalue weighted by molar-refractivity contribution is 0.291. The second kappa shape index (κ2) is 4.15. The quantitative estimate of drug-likeness (QED) is 0.577. The van der Waals surface area contributed by atoms with E-state index in [1.165, 1.54) is 4.31 Å². The van der Waals surface area contributed by atoms with Gasteiger partial charge in [-0.1, -0.05) is 0 Å². The van der Waals surface area contributed by atoms with Gasteiger partial charge >= 0.3 is 0 Å². The van der Waals surface area contributed by atoms with Crippen LogP contribution in [-0.4, -0.2) is 39.2 Å². The van der Waals surface area contributed by atoms with Crippen molar-refractivity contribution < 1.29 is 8.76 Å². The Balaban J connectivity index is 2.30. The molecule has 1 aliphatic rings. The van der Waals surface area contributed by atoms with E-state index in [0.717, 1.165) is 12.8 Å². The Morgan fingerprint density at radius 2 is 2.09 bits per heavy atom. The first-order valence-corrected chi connectivity index (χ1v) is 4.79. The summed E-state index contributed by atoms with van der Waals surface area (Å²) in [7, 11) is 1.91. The van der Waals surface area contributed by atoms with Crippen LogP contribution in [0.15, 0.2) is 0 Å². The molecule has 1 unspecified atom stereocenters. The number of rotatable bonds is 2. The van der Waals surface area contributed by atoms with Crippen LogP contribution in [0.3, 0.4) is 0 Å². The molecule has 1 aliphatic heterocycles. The first kappa shape index (κ1) is 9.12. The van der Waals surface area contributed by atoms with E-state index in [4.69, 9.17) is 0 Å². The van der Waals surface area contributed by atoms with Gasteiger partial charge in [0, 0.05) is 30.4 Å². The highest BCUT2D eigenvalue weighted by atomic mass is 32.2. The van der Waals surface area contributed by atoms with E-state index in [9.17, 15) is 8.76 Å². The Hall–Kier alpha value is 0.0300. The van der Waals surface area contributed by atoms with Crippen molar-refractivity contribution in [3.05, 3.63) is 0 Å². The van der Waals surface area contributed by atoms with Crippen molar-refractivity contribution in [3.63, 3.8) is 0 Å². The van der Waals surface area contributed by atoms with Gasteiger partial charge in [0.15, 0.2) is 0 Å². The molecule has 1 fully saturated rings. The van der Waals surface area contributed by atoms with Crippen LogP contribution in [-0.2, 0) is 11.3 Å². The average molecular weight is 177 g/mol. The molecule has 66 valence electrons. The minimum Gasteiger partial charge on any atom is -0.760 e. The topological polar surface area (TPSA) is 55.4 Å². The molecule has 0 amide bonds. The van der Waals surface area contributed by atoms with E-state index in [-0.39, 0.29) is 0 Å². The van der Waals surface area contributed by atoms with Crippen molar-refractivity contribution in [2.45, 2.75) is 18.9 Å². The van der Waals surface area contributed by atoms with E-state index in [1.54, 1.807) is 0 Å². The summed E-state index contributed by atoms with van der Waals surface area (Å²) in [4.78, 5) is 0. The van der Waals surface area contributed by atoms with Crippen LogP contribution in [0.5, 0.6) is 0 Å². The van der Waals surface area contributed by atoms with Crippen LogP contribution in [0.2, 0.25) is 0 Å². The lowest BCUT2D eigenvalue weighted by Crippen LogP contribution is -2.41. The Labute approximate surface area is 69.4 Å². The third kappa shape index (κ3) is 2.52. The van der Waals surface area contributed by atoms with Crippen LogP contribution >= 0.6 is 0 Å². The van der Waals surface area contributed by atoms with Crippen molar-refractivity contribution in [1.29, 1.82) is 0 Å². The molecule has 0 aromatic rings. The first-order chi connectivity index (χ1) is 5.24. The van der Waals surface area contributed by atoms with Gasteiger partial charge in [0.1, 0.15) is 0 Å². The molecule has 0 aromatic heterocycles. The van der Waals surface area contributed by atoms with Gasteiger partial charge < -0.3 is 9.87 Å². The van der Waals surface area contributed by atoms with Crippen molar-refractivity contribution in [2.24, 2.45) is 0 Å². The second-order valence-corrected chi connectivity index (χ2v) is 3.66. The maximum absolute atomic E-state index is 10.5. The zero-order chi connectivity index (χ0) is 8.27. The zero-order valence-electron chi connectivity index (χ0n) is 6.58. The number of hydrogen-bond donors (Lipinski definition) is 1. The molecule has 5 heteroatoms. The number of nitrogens with zero attached hydrogens (tertiary/aromatic N) is 1. The lowest BCUT2D eigenvalue weighted by Gasteiger charge is -2.32. The van der Waals surface area contributed by atoms with Crippen LogP contribution in [0.1, 0.15) is 12.8 Å². The Morgan fingerprint density at radius 1 is 1.55 bits per heavy atom. The summed E-state index contributed by atoms with van der Waals surface area (Å²) in [6, 6.07) is 0.495. The van der Waals surface area contributed by atoms with E-state index in [0.29, 0.717) is 19.1 Å². The smallest absolute Gasteiger partial charge is 0.0209 e. The minimum absolute atomic E-state index is 0.495. The van der Waals surface area contributed by atoms with Gasteiger partial charge in [0.05, 0.1) is 0 Å². The molecular weight excluding hydrogens is 164 g/mol. The predicted octanol–water partition coefficient (Wildman–Crippen LogP) is -0.536. The molecule has 1 saturated heterocycles. The monoisotopic (exact) mass is 177 g/mol. The normalized spacial score (nSPS) is 25.3. The molecule has 0 radical (unpaired) electrons. The molecule has 1 atom stereocenters. The van der Waals surface area contributed by atoms with Gasteiger partial charge in [-0.2, -0.15) is 0 Å². The fraction of sp³-hybridized carbons (Fsp3) is 1.00.